The minimum atomic E-state index is -1.00. The smallest absolute Gasteiger partial charge is 0.412 e. The molecule has 1 unspecified atom stereocenters. The van der Waals surface area contributed by atoms with Gasteiger partial charge in [0.25, 0.3) is 0 Å². The number of hydrogen-bond donors (Lipinski definition) is 1. The summed E-state index contributed by atoms with van der Waals surface area (Å²) in [6.45, 7) is 1.72. The summed E-state index contributed by atoms with van der Waals surface area (Å²) in [5, 5.41) is 8.73. The molecule has 0 bridgehead atoms. The molecule has 1 aliphatic rings. The number of hydrogen-bond acceptors (Lipinski definition) is 2. The first-order chi connectivity index (χ1) is 5.52. The zero-order valence-electron chi connectivity index (χ0n) is 6.45. The molecule has 0 aromatic carbocycles. The standard InChI is InChI=1S/C7H8INO3/c1-4-2-5(10)3-6(8)9(4)7(11)12/h3-4H,2H2,1H3,(H,11,12). The Kier molecular flexibility index (Phi) is 2.71. The molecule has 1 aliphatic heterocycles. The lowest BCUT2D eigenvalue weighted by molar-refractivity contribution is -0.116. The van der Waals surface area contributed by atoms with Crippen LogP contribution in [0.5, 0.6) is 0 Å². The highest BCUT2D eigenvalue weighted by molar-refractivity contribution is 14.1. The van der Waals surface area contributed by atoms with Gasteiger partial charge in [-0.05, 0) is 29.5 Å². The fourth-order valence-electron chi connectivity index (χ4n) is 1.13. The van der Waals surface area contributed by atoms with E-state index in [1.54, 1.807) is 6.92 Å². The molecule has 5 heteroatoms. The zero-order chi connectivity index (χ0) is 9.30. The first-order valence-electron chi connectivity index (χ1n) is 3.44. The Morgan fingerprint density at radius 2 is 2.42 bits per heavy atom. The van der Waals surface area contributed by atoms with E-state index in [9.17, 15) is 9.59 Å². The average Bonchev–Trinajstić information content (AvgIpc) is 1.82. The van der Waals surface area contributed by atoms with Crippen molar-refractivity contribution in [3.8, 4) is 0 Å². The van der Waals surface area contributed by atoms with Crippen molar-refractivity contribution in [3.63, 3.8) is 0 Å². The van der Waals surface area contributed by atoms with E-state index in [2.05, 4.69) is 0 Å². The second-order valence-corrected chi connectivity index (χ2v) is 3.74. The number of carboxylic acid groups (broad SMARTS) is 1. The summed E-state index contributed by atoms with van der Waals surface area (Å²) in [7, 11) is 0. The molecule has 0 fully saturated rings. The third-order valence-electron chi connectivity index (χ3n) is 1.65. The highest BCUT2D eigenvalue weighted by atomic mass is 127. The van der Waals surface area contributed by atoms with Crippen molar-refractivity contribution in [2.45, 2.75) is 19.4 Å². The van der Waals surface area contributed by atoms with Crippen molar-refractivity contribution in [1.29, 1.82) is 0 Å². The lowest BCUT2D eigenvalue weighted by Gasteiger charge is -2.28. The van der Waals surface area contributed by atoms with Crippen LogP contribution in [0, 0.1) is 0 Å². The van der Waals surface area contributed by atoms with Crippen LogP contribution in [-0.2, 0) is 4.79 Å². The predicted octanol–water partition coefficient (Wildman–Crippen LogP) is 1.60. The van der Waals surface area contributed by atoms with Crippen LogP contribution < -0.4 is 0 Å². The molecule has 0 spiro atoms. The van der Waals surface area contributed by atoms with E-state index < -0.39 is 6.09 Å². The van der Waals surface area contributed by atoms with Gasteiger partial charge in [-0.15, -0.1) is 0 Å². The van der Waals surface area contributed by atoms with Crippen LogP contribution in [0.2, 0.25) is 0 Å². The van der Waals surface area contributed by atoms with E-state index in [1.165, 1.54) is 11.0 Å². The molecule has 0 saturated heterocycles. The largest absolute Gasteiger partial charge is 0.465 e. The number of allylic oxidation sites excluding steroid dienone is 1. The molecule has 66 valence electrons. The topological polar surface area (TPSA) is 57.6 Å². The van der Waals surface area contributed by atoms with E-state index in [-0.39, 0.29) is 18.2 Å². The Bertz CT molecular complexity index is 261. The predicted molar refractivity (Wildman–Crippen MR) is 51.1 cm³/mol. The van der Waals surface area contributed by atoms with Crippen LogP contribution in [0.3, 0.4) is 0 Å². The summed E-state index contributed by atoms with van der Waals surface area (Å²) in [6, 6.07) is -0.244. The summed E-state index contributed by atoms with van der Waals surface area (Å²) in [4.78, 5) is 22.8. The molecule has 1 N–H and O–H groups in total. The van der Waals surface area contributed by atoms with Crippen molar-refractivity contribution < 1.29 is 14.7 Å². The summed E-state index contributed by atoms with van der Waals surface area (Å²) in [5.41, 5.74) is 0. The van der Waals surface area contributed by atoms with Gasteiger partial charge < -0.3 is 5.11 Å². The molecule has 1 atom stereocenters. The van der Waals surface area contributed by atoms with Gasteiger partial charge in [-0.3, -0.25) is 9.69 Å². The van der Waals surface area contributed by atoms with Gasteiger partial charge in [-0.25, -0.2) is 4.79 Å². The Morgan fingerprint density at radius 1 is 1.83 bits per heavy atom. The maximum atomic E-state index is 11.0. The Labute approximate surface area is 83.4 Å². The van der Waals surface area contributed by atoms with Gasteiger partial charge in [-0.2, -0.15) is 0 Å². The van der Waals surface area contributed by atoms with Crippen molar-refractivity contribution in [3.05, 3.63) is 9.78 Å². The number of amides is 1. The summed E-state index contributed by atoms with van der Waals surface area (Å²) in [6.07, 6.45) is 0.628. The van der Waals surface area contributed by atoms with Gasteiger partial charge in [0.1, 0.15) is 0 Å². The normalized spacial score (nSPS) is 23.8. The average molecular weight is 281 g/mol. The number of carbonyl (C=O) groups is 2. The quantitative estimate of drug-likeness (QED) is 0.542. The third kappa shape index (κ3) is 1.77. The van der Waals surface area contributed by atoms with Crippen LogP contribution in [0.1, 0.15) is 13.3 Å². The van der Waals surface area contributed by atoms with Crippen LogP contribution in [-0.4, -0.2) is 27.9 Å². The maximum absolute atomic E-state index is 11.0. The van der Waals surface area contributed by atoms with Crippen LogP contribution >= 0.6 is 22.6 Å². The molecule has 1 rings (SSSR count). The molecule has 12 heavy (non-hydrogen) atoms. The van der Waals surface area contributed by atoms with Crippen LogP contribution in [0.25, 0.3) is 0 Å². The van der Waals surface area contributed by atoms with Crippen LogP contribution in [0.4, 0.5) is 4.79 Å². The molecular weight excluding hydrogens is 273 g/mol. The first kappa shape index (κ1) is 9.50. The van der Waals surface area contributed by atoms with E-state index >= 15 is 0 Å². The number of halogens is 1. The second-order valence-electron chi connectivity index (χ2n) is 2.64. The van der Waals surface area contributed by atoms with E-state index in [4.69, 9.17) is 5.11 Å². The highest BCUT2D eigenvalue weighted by Gasteiger charge is 2.27. The monoisotopic (exact) mass is 281 g/mol. The maximum Gasteiger partial charge on any atom is 0.412 e. The van der Waals surface area contributed by atoms with Gasteiger partial charge in [-0.1, -0.05) is 0 Å². The van der Waals surface area contributed by atoms with Crippen molar-refractivity contribution in [2.24, 2.45) is 0 Å². The second kappa shape index (κ2) is 3.42. The van der Waals surface area contributed by atoms with Crippen LogP contribution in [0.15, 0.2) is 9.78 Å². The number of ketones is 1. The van der Waals surface area contributed by atoms with Crippen molar-refractivity contribution in [2.75, 3.05) is 0 Å². The summed E-state index contributed by atoms with van der Waals surface area (Å²) in [5.74, 6) is -0.00981. The molecule has 1 amide bonds. The Hall–Kier alpha value is -0.590. The summed E-state index contributed by atoms with van der Waals surface area (Å²) < 4.78 is 0.476. The minimum Gasteiger partial charge on any atom is -0.465 e. The molecule has 0 aliphatic carbocycles. The SMILES string of the molecule is CC1CC(=O)C=C(I)N1C(=O)O. The summed E-state index contributed by atoms with van der Waals surface area (Å²) >= 11 is 1.85. The van der Waals surface area contributed by atoms with E-state index in [0.29, 0.717) is 3.70 Å². The zero-order valence-corrected chi connectivity index (χ0v) is 8.61. The molecule has 0 radical (unpaired) electrons. The fraction of sp³-hybridized carbons (Fsp3) is 0.429. The molecule has 1 heterocycles. The van der Waals surface area contributed by atoms with Gasteiger partial charge in [0, 0.05) is 18.5 Å². The van der Waals surface area contributed by atoms with Gasteiger partial charge in [0.2, 0.25) is 0 Å². The van der Waals surface area contributed by atoms with Gasteiger partial charge >= 0.3 is 6.09 Å². The molecule has 4 nitrogen and oxygen atoms in total. The van der Waals surface area contributed by atoms with Gasteiger partial charge in [0.15, 0.2) is 5.78 Å². The molecule has 0 aromatic rings. The fourth-order valence-corrected chi connectivity index (χ4v) is 2.16. The molecule has 0 saturated carbocycles. The van der Waals surface area contributed by atoms with Crippen molar-refractivity contribution >= 4 is 34.5 Å². The highest BCUT2D eigenvalue weighted by Crippen LogP contribution is 2.23. The van der Waals surface area contributed by atoms with Gasteiger partial charge in [0.05, 0.1) is 3.70 Å². The Morgan fingerprint density at radius 3 is 2.83 bits per heavy atom. The number of carbonyl (C=O) groups excluding carboxylic acids is 1. The Balaban J connectivity index is 2.93. The third-order valence-corrected chi connectivity index (χ3v) is 2.48. The molecular formula is C7H8INO3. The van der Waals surface area contributed by atoms with E-state index in [1.807, 2.05) is 22.6 Å². The number of nitrogens with zero attached hydrogens (tertiary/aromatic N) is 1. The van der Waals surface area contributed by atoms with E-state index in [0.717, 1.165) is 0 Å². The first-order valence-corrected chi connectivity index (χ1v) is 4.52. The lowest BCUT2D eigenvalue weighted by Crippen LogP contribution is -2.39. The minimum absolute atomic E-state index is 0.00981. The molecule has 0 aromatic heterocycles. The van der Waals surface area contributed by atoms with Crippen molar-refractivity contribution in [1.82, 2.24) is 4.90 Å². The lowest BCUT2D eigenvalue weighted by atomic mass is 10.1. The number of rotatable bonds is 0.